The summed E-state index contributed by atoms with van der Waals surface area (Å²) in [5.41, 5.74) is 8.93. The normalized spacial score (nSPS) is 20.1. The fraction of sp³-hybridized carbons (Fsp3) is 0.500. The summed E-state index contributed by atoms with van der Waals surface area (Å²) < 4.78 is 0. The summed E-state index contributed by atoms with van der Waals surface area (Å²) in [5, 5.41) is 9.71. The van der Waals surface area contributed by atoms with Crippen LogP contribution >= 0.6 is 0 Å². The molecule has 1 aromatic rings. The van der Waals surface area contributed by atoms with Gasteiger partial charge in [0.1, 0.15) is 6.23 Å². The first kappa shape index (κ1) is 10.3. The molecule has 0 saturated carbocycles. The smallest absolute Gasteiger partial charge is 0.124 e. The van der Waals surface area contributed by atoms with Crippen LogP contribution in [0.5, 0.6) is 0 Å². The molecule has 0 bridgehead atoms. The van der Waals surface area contributed by atoms with E-state index in [9.17, 15) is 5.11 Å². The Labute approximate surface area is 90.5 Å². The van der Waals surface area contributed by atoms with Crippen LogP contribution in [0.1, 0.15) is 26.3 Å². The molecule has 0 aromatic heterocycles. The minimum atomic E-state index is -0.465. The van der Waals surface area contributed by atoms with Gasteiger partial charge in [0.05, 0.1) is 0 Å². The van der Waals surface area contributed by atoms with Crippen molar-refractivity contribution < 1.29 is 5.11 Å². The van der Waals surface area contributed by atoms with E-state index in [1.807, 2.05) is 17.0 Å². The van der Waals surface area contributed by atoms with E-state index in [0.717, 1.165) is 17.9 Å². The quantitative estimate of drug-likeness (QED) is 0.688. The Bertz CT molecular complexity index is 385. The molecule has 1 aliphatic heterocycles. The summed E-state index contributed by atoms with van der Waals surface area (Å²) in [6.07, 6.45) is -0.465. The number of nitrogen functional groups attached to an aromatic ring is 1. The van der Waals surface area contributed by atoms with Gasteiger partial charge in [0, 0.05) is 23.3 Å². The van der Waals surface area contributed by atoms with Gasteiger partial charge in [-0.1, -0.05) is 19.9 Å². The van der Waals surface area contributed by atoms with E-state index in [4.69, 9.17) is 5.73 Å². The van der Waals surface area contributed by atoms with Crippen LogP contribution in [0.4, 0.5) is 11.4 Å². The molecule has 0 amide bonds. The number of aliphatic hydroxyl groups excluding tert-OH is 1. The van der Waals surface area contributed by atoms with Crippen LogP contribution in [0.2, 0.25) is 0 Å². The lowest BCUT2D eigenvalue weighted by Crippen LogP contribution is -2.35. The molecule has 0 fully saturated rings. The molecule has 1 heterocycles. The number of nitrogens with zero attached hydrogens (tertiary/aromatic N) is 1. The predicted octanol–water partition coefficient (Wildman–Crippen LogP) is 1.70. The molecule has 0 aliphatic carbocycles. The topological polar surface area (TPSA) is 49.5 Å². The molecule has 0 saturated heterocycles. The third-order valence-electron chi connectivity index (χ3n) is 3.08. The highest BCUT2D eigenvalue weighted by Crippen LogP contribution is 2.41. The zero-order chi connectivity index (χ0) is 11.2. The van der Waals surface area contributed by atoms with Crippen LogP contribution in [0, 0.1) is 0 Å². The summed E-state index contributed by atoms with van der Waals surface area (Å²) in [5.74, 6) is 0. The van der Waals surface area contributed by atoms with Crippen molar-refractivity contribution in [1.29, 1.82) is 0 Å². The van der Waals surface area contributed by atoms with Crippen LogP contribution in [0.15, 0.2) is 18.2 Å². The Morgan fingerprint density at radius 2 is 2.13 bits per heavy atom. The minimum absolute atomic E-state index is 0.0834. The van der Waals surface area contributed by atoms with E-state index in [-0.39, 0.29) is 5.41 Å². The molecule has 3 heteroatoms. The summed E-state index contributed by atoms with van der Waals surface area (Å²) >= 11 is 0. The second-order valence-corrected chi connectivity index (χ2v) is 4.92. The average Bonchev–Trinajstić information content (AvgIpc) is 2.38. The lowest BCUT2D eigenvalue weighted by molar-refractivity contribution is 0.186. The van der Waals surface area contributed by atoms with E-state index < -0.39 is 6.23 Å². The van der Waals surface area contributed by atoms with E-state index in [1.54, 1.807) is 6.92 Å². The van der Waals surface area contributed by atoms with Crippen molar-refractivity contribution >= 4 is 11.4 Å². The van der Waals surface area contributed by atoms with Gasteiger partial charge in [0.2, 0.25) is 0 Å². The SMILES string of the molecule is CC(O)N1CC(C)(C)c2ccc(N)cc21. The number of fused-ring (bicyclic) bond motifs is 1. The van der Waals surface area contributed by atoms with Crippen molar-refractivity contribution in [2.24, 2.45) is 0 Å². The van der Waals surface area contributed by atoms with Gasteiger partial charge in [0.15, 0.2) is 0 Å². The Kier molecular flexibility index (Phi) is 2.15. The van der Waals surface area contributed by atoms with Crippen molar-refractivity contribution in [1.82, 2.24) is 0 Å². The Balaban J connectivity index is 2.53. The second kappa shape index (κ2) is 3.14. The van der Waals surface area contributed by atoms with Gasteiger partial charge in [-0.25, -0.2) is 0 Å². The maximum atomic E-state index is 9.71. The van der Waals surface area contributed by atoms with Gasteiger partial charge in [-0.3, -0.25) is 0 Å². The zero-order valence-electron chi connectivity index (χ0n) is 9.49. The molecule has 2 rings (SSSR count). The fourth-order valence-electron chi connectivity index (χ4n) is 2.29. The highest BCUT2D eigenvalue weighted by atomic mass is 16.3. The molecular formula is C12H18N2O. The van der Waals surface area contributed by atoms with Crippen LogP contribution in [0.25, 0.3) is 0 Å². The van der Waals surface area contributed by atoms with Crippen LogP contribution < -0.4 is 10.6 Å². The summed E-state index contributed by atoms with van der Waals surface area (Å²) in [4.78, 5) is 1.99. The van der Waals surface area contributed by atoms with Crippen molar-refractivity contribution in [2.75, 3.05) is 17.2 Å². The van der Waals surface area contributed by atoms with Gasteiger partial charge >= 0.3 is 0 Å². The maximum Gasteiger partial charge on any atom is 0.124 e. The Hall–Kier alpha value is -1.22. The van der Waals surface area contributed by atoms with Gasteiger partial charge in [-0.05, 0) is 24.6 Å². The molecule has 1 atom stereocenters. The van der Waals surface area contributed by atoms with E-state index in [0.29, 0.717) is 0 Å². The standard InChI is InChI=1S/C12H18N2O/c1-8(15)14-7-12(2,3)10-5-4-9(13)6-11(10)14/h4-6,8,15H,7,13H2,1-3H3. The molecule has 3 nitrogen and oxygen atoms in total. The molecule has 1 unspecified atom stereocenters. The number of anilines is 2. The number of nitrogens with two attached hydrogens (primary N) is 1. The predicted molar refractivity (Wildman–Crippen MR) is 62.9 cm³/mol. The van der Waals surface area contributed by atoms with Gasteiger partial charge in [-0.2, -0.15) is 0 Å². The van der Waals surface area contributed by atoms with Crippen molar-refractivity contribution in [3.05, 3.63) is 23.8 Å². The van der Waals surface area contributed by atoms with E-state index in [1.165, 1.54) is 5.56 Å². The lowest BCUT2D eigenvalue weighted by Gasteiger charge is -2.25. The van der Waals surface area contributed by atoms with Crippen LogP contribution in [0.3, 0.4) is 0 Å². The number of hydrogen-bond acceptors (Lipinski definition) is 3. The molecule has 1 aliphatic rings. The van der Waals surface area contributed by atoms with Gasteiger partial charge < -0.3 is 15.7 Å². The molecule has 3 N–H and O–H groups in total. The molecular weight excluding hydrogens is 188 g/mol. The van der Waals surface area contributed by atoms with Gasteiger partial charge in [0.25, 0.3) is 0 Å². The summed E-state index contributed by atoms with van der Waals surface area (Å²) in [6, 6.07) is 5.93. The van der Waals surface area contributed by atoms with Crippen molar-refractivity contribution in [3.8, 4) is 0 Å². The first-order valence-corrected chi connectivity index (χ1v) is 5.26. The number of aliphatic hydroxyl groups is 1. The lowest BCUT2D eigenvalue weighted by atomic mass is 9.87. The summed E-state index contributed by atoms with van der Waals surface area (Å²) in [7, 11) is 0. The Morgan fingerprint density at radius 3 is 2.73 bits per heavy atom. The largest absolute Gasteiger partial charge is 0.399 e. The molecule has 15 heavy (non-hydrogen) atoms. The molecule has 0 spiro atoms. The second-order valence-electron chi connectivity index (χ2n) is 4.92. The highest BCUT2D eigenvalue weighted by molar-refractivity contribution is 5.67. The first-order valence-electron chi connectivity index (χ1n) is 5.26. The first-order chi connectivity index (χ1) is 6.92. The number of benzene rings is 1. The van der Waals surface area contributed by atoms with Crippen LogP contribution in [-0.2, 0) is 5.41 Å². The third kappa shape index (κ3) is 1.57. The highest BCUT2D eigenvalue weighted by Gasteiger charge is 2.36. The number of rotatable bonds is 1. The van der Waals surface area contributed by atoms with E-state index in [2.05, 4.69) is 19.9 Å². The summed E-state index contributed by atoms with van der Waals surface area (Å²) in [6.45, 7) is 6.99. The van der Waals surface area contributed by atoms with Gasteiger partial charge in [-0.15, -0.1) is 0 Å². The monoisotopic (exact) mass is 206 g/mol. The third-order valence-corrected chi connectivity index (χ3v) is 3.08. The maximum absolute atomic E-state index is 9.71. The minimum Gasteiger partial charge on any atom is -0.399 e. The van der Waals surface area contributed by atoms with Crippen molar-refractivity contribution in [3.63, 3.8) is 0 Å². The van der Waals surface area contributed by atoms with E-state index >= 15 is 0 Å². The van der Waals surface area contributed by atoms with Crippen LogP contribution in [-0.4, -0.2) is 17.9 Å². The molecule has 82 valence electrons. The zero-order valence-corrected chi connectivity index (χ0v) is 9.49. The number of hydrogen-bond donors (Lipinski definition) is 2. The molecule has 1 aromatic carbocycles. The fourth-order valence-corrected chi connectivity index (χ4v) is 2.29. The average molecular weight is 206 g/mol. The Morgan fingerprint density at radius 1 is 1.47 bits per heavy atom. The van der Waals surface area contributed by atoms with Crippen molar-refractivity contribution in [2.45, 2.75) is 32.4 Å². The molecule has 0 radical (unpaired) electrons.